The predicted molar refractivity (Wildman–Crippen MR) is 65.7 cm³/mol. The molecule has 0 unspecified atom stereocenters. The zero-order chi connectivity index (χ0) is 12.1. The van der Waals surface area contributed by atoms with Crippen LogP contribution in [0.4, 0.5) is 11.9 Å². The standard InChI is InChI=1S/C11H15N5O/c1-2-17-9-5-3-4-8(6-9)7-13-11-14-10(12)15-16-11/h3-6H,2,7H2,1H3,(H4,12,13,14,15,16). The number of rotatable bonds is 5. The lowest BCUT2D eigenvalue weighted by molar-refractivity contribution is 0.340. The van der Waals surface area contributed by atoms with Crippen LogP contribution in [0.3, 0.4) is 0 Å². The zero-order valence-corrected chi connectivity index (χ0v) is 9.60. The first-order chi connectivity index (χ1) is 8.28. The van der Waals surface area contributed by atoms with Gasteiger partial charge in [-0.05, 0) is 24.6 Å². The molecule has 17 heavy (non-hydrogen) atoms. The molecule has 0 aliphatic heterocycles. The highest BCUT2D eigenvalue weighted by molar-refractivity contribution is 5.34. The van der Waals surface area contributed by atoms with Gasteiger partial charge < -0.3 is 15.8 Å². The molecular formula is C11H15N5O. The van der Waals surface area contributed by atoms with Crippen LogP contribution in [0.15, 0.2) is 24.3 Å². The molecule has 0 saturated heterocycles. The summed E-state index contributed by atoms with van der Waals surface area (Å²) in [5.74, 6) is 1.65. The van der Waals surface area contributed by atoms with Crippen molar-refractivity contribution in [2.24, 2.45) is 0 Å². The molecule has 4 N–H and O–H groups in total. The number of ether oxygens (including phenoxy) is 1. The maximum Gasteiger partial charge on any atom is 0.243 e. The lowest BCUT2D eigenvalue weighted by atomic mass is 10.2. The summed E-state index contributed by atoms with van der Waals surface area (Å²) in [6, 6.07) is 7.87. The van der Waals surface area contributed by atoms with Gasteiger partial charge >= 0.3 is 0 Å². The number of benzene rings is 1. The van der Waals surface area contributed by atoms with Crippen molar-refractivity contribution < 1.29 is 4.74 Å². The Hall–Kier alpha value is -2.24. The van der Waals surface area contributed by atoms with E-state index in [-0.39, 0.29) is 0 Å². The van der Waals surface area contributed by atoms with E-state index in [1.54, 1.807) is 0 Å². The fourth-order valence-electron chi connectivity index (χ4n) is 1.45. The Morgan fingerprint density at radius 2 is 2.35 bits per heavy atom. The van der Waals surface area contributed by atoms with E-state index in [0.717, 1.165) is 11.3 Å². The Morgan fingerprint density at radius 1 is 1.47 bits per heavy atom. The fourth-order valence-corrected chi connectivity index (χ4v) is 1.45. The highest BCUT2D eigenvalue weighted by atomic mass is 16.5. The lowest BCUT2D eigenvalue weighted by Crippen LogP contribution is -2.01. The molecule has 90 valence electrons. The van der Waals surface area contributed by atoms with Crippen LogP contribution in [0.1, 0.15) is 12.5 Å². The van der Waals surface area contributed by atoms with Crippen molar-refractivity contribution in [2.45, 2.75) is 13.5 Å². The van der Waals surface area contributed by atoms with E-state index in [4.69, 9.17) is 10.5 Å². The minimum Gasteiger partial charge on any atom is -0.494 e. The molecule has 0 spiro atoms. The van der Waals surface area contributed by atoms with Gasteiger partial charge in [0, 0.05) is 6.54 Å². The first kappa shape index (κ1) is 11.3. The molecule has 2 rings (SSSR count). The van der Waals surface area contributed by atoms with Crippen molar-refractivity contribution in [3.05, 3.63) is 29.8 Å². The van der Waals surface area contributed by atoms with Gasteiger partial charge in [0.1, 0.15) is 5.75 Å². The zero-order valence-electron chi connectivity index (χ0n) is 9.60. The molecule has 0 aliphatic carbocycles. The van der Waals surface area contributed by atoms with Crippen LogP contribution in [-0.4, -0.2) is 21.8 Å². The number of nitrogens with two attached hydrogens (primary N) is 1. The summed E-state index contributed by atoms with van der Waals surface area (Å²) in [6.07, 6.45) is 0. The van der Waals surface area contributed by atoms with Crippen LogP contribution >= 0.6 is 0 Å². The third kappa shape index (κ3) is 3.10. The average Bonchev–Trinajstić information content (AvgIpc) is 2.74. The number of nitrogen functional groups attached to an aromatic ring is 1. The van der Waals surface area contributed by atoms with Crippen molar-refractivity contribution in [1.82, 2.24) is 15.2 Å². The maximum atomic E-state index is 5.42. The molecule has 1 aromatic carbocycles. The van der Waals surface area contributed by atoms with Gasteiger partial charge in [-0.15, -0.1) is 5.10 Å². The summed E-state index contributed by atoms with van der Waals surface area (Å²) in [6.45, 7) is 3.24. The normalized spacial score (nSPS) is 10.2. The summed E-state index contributed by atoms with van der Waals surface area (Å²) in [7, 11) is 0. The molecular weight excluding hydrogens is 218 g/mol. The topological polar surface area (TPSA) is 88.8 Å². The minimum absolute atomic E-state index is 0.301. The fraction of sp³-hybridized carbons (Fsp3) is 0.273. The molecule has 0 saturated carbocycles. The molecule has 1 heterocycles. The maximum absolute atomic E-state index is 5.42. The Morgan fingerprint density at radius 3 is 3.06 bits per heavy atom. The van der Waals surface area contributed by atoms with Crippen LogP contribution in [0.25, 0.3) is 0 Å². The molecule has 6 nitrogen and oxygen atoms in total. The third-order valence-electron chi connectivity index (χ3n) is 2.16. The van der Waals surface area contributed by atoms with Crippen molar-refractivity contribution in [3.8, 4) is 5.75 Å². The Balaban J connectivity index is 1.96. The first-order valence-electron chi connectivity index (χ1n) is 5.41. The van der Waals surface area contributed by atoms with Gasteiger partial charge in [-0.3, -0.25) is 0 Å². The Kier molecular flexibility index (Phi) is 3.44. The highest BCUT2D eigenvalue weighted by Crippen LogP contribution is 2.14. The number of hydrogen-bond donors (Lipinski definition) is 3. The molecule has 0 aliphatic rings. The van der Waals surface area contributed by atoms with E-state index in [0.29, 0.717) is 25.0 Å². The van der Waals surface area contributed by atoms with Gasteiger partial charge in [0.25, 0.3) is 0 Å². The van der Waals surface area contributed by atoms with Crippen LogP contribution in [0.5, 0.6) is 5.75 Å². The minimum atomic E-state index is 0.301. The van der Waals surface area contributed by atoms with Crippen LogP contribution in [0, 0.1) is 0 Å². The smallest absolute Gasteiger partial charge is 0.243 e. The van der Waals surface area contributed by atoms with E-state index >= 15 is 0 Å². The number of anilines is 2. The van der Waals surface area contributed by atoms with E-state index in [9.17, 15) is 0 Å². The Labute approximate surface area is 99.2 Å². The van der Waals surface area contributed by atoms with E-state index < -0.39 is 0 Å². The van der Waals surface area contributed by atoms with E-state index in [1.165, 1.54) is 0 Å². The van der Waals surface area contributed by atoms with E-state index in [1.807, 2.05) is 31.2 Å². The number of nitrogens with zero attached hydrogens (tertiary/aromatic N) is 2. The van der Waals surface area contributed by atoms with Crippen molar-refractivity contribution in [3.63, 3.8) is 0 Å². The molecule has 0 fully saturated rings. The first-order valence-corrected chi connectivity index (χ1v) is 5.41. The molecule has 1 aromatic heterocycles. The largest absolute Gasteiger partial charge is 0.494 e. The van der Waals surface area contributed by atoms with Crippen molar-refractivity contribution in [2.75, 3.05) is 17.7 Å². The molecule has 0 atom stereocenters. The second-order valence-corrected chi connectivity index (χ2v) is 3.48. The molecule has 0 amide bonds. The molecule has 6 heteroatoms. The predicted octanol–water partition coefficient (Wildman–Crippen LogP) is 1.40. The SMILES string of the molecule is CCOc1cccc(CNc2n[nH]c(N)n2)c1. The third-order valence-corrected chi connectivity index (χ3v) is 2.16. The number of aromatic amines is 1. The number of H-pyrrole nitrogens is 1. The second-order valence-electron chi connectivity index (χ2n) is 3.48. The van der Waals surface area contributed by atoms with Crippen LogP contribution in [-0.2, 0) is 6.54 Å². The van der Waals surface area contributed by atoms with Crippen molar-refractivity contribution in [1.29, 1.82) is 0 Å². The Bertz CT molecular complexity index is 482. The monoisotopic (exact) mass is 233 g/mol. The van der Waals surface area contributed by atoms with Gasteiger partial charge in [0.05, 0.1) is 6.61 Å². The molecule has 2 aromatic rings. The van der Waals surface area contributed by atoms with Gasteiger partial charge in [-0.1, -0.05) is 12.1 Å². The van der Waals surface area contributed by atoms with Gasteiger partial charge in [0.15, 0.2) is 0 Å². The quantitative estimate of drug-likeness (QED) is 0.726. The summed E-state index contributed by atoms with van der Waals surface area (Å²) < 4.78 is 5.42. The van der Waals surface area contributed by atoms with E-state index in [2.05, 4.69) is 20.5 Å². The summed E-state index contributed by atoms with van der Waals surface area (Å²) in [4.78, 5) is 3.95. The number of aromatic nitrogens is 3. The van der Waals surface area contributed by atoms with Crippen LogP contribution in [0.2, 0.25) is 0 Å². The lowest BCUT2D eigenvalue weighted by Gasteiger charge is -2.06. The summed E-state index contributed by atoms with van der Waals surface area (Å²) in [5.41, 5.74) is 6.52. The average molecular weight is 233 g/mol. The van der Waals surface area contributed by atoms with Crippen LogP contribution < -0.4 is 15.8 Å². The van der Waals surface area contributed by atoms with Gasteiger partial charge in [-0.2, -0.15) is 4.98 Å². The summed E-state index contributed by atoms with van der Waals surface area (Å²) in [5, 5.41) is 9.51. The second kappa shape index (κ2) is 5.20. The molecule has 0 radical (unpaired) electrons. The highest BCUT2D eigenvalue weighted by Gasteiger charge is 2.00. The van der Waals surface area contributed by atoms with Gasteiger partial charge in [-0.25, -0.2) is 5.10 Å². The summed E-state index contributed by atoms with van der Waals surface area (Å²) >= 11 is 0. The van der Waals surface area contributed by atoms with Crippen molar-refractivity contribution >= 4 is 11.9 Å². The number of hydrogen-bond acceptors (Lipinski definition) is 5. The number of nitrogens with one attached hydrogen (secondary N) is 2. The van der Waals surface area contributed by atoms with Gasteiger partial charge in [0.2, 0.25) is 11.9 Å². The molecule has 0 bridgehead atoms.